The molecule has 0 atom stereocenters. The summed E-state index contributed by atoms with van der Waals surface area (Å²) in [5.41, 5.74) is -1.27. The summed E-state index contributed by atoms with van der Waals surface area (Å²) in [4.78, 5) is 3.46. The second kappa shape index (κ2) is 7.53. The van der Waals surface area contributed by atoms with Gasteiger partial charge in [0, 0.05) is 20.8 Å². The maximum absolute atomic E-state index is 13.2. The molecule has 0 saturated carbocycles. The van der Waals surface area contributed by atoms with Gasteiger partial charge in [0.1, 0.15) is 0 Å². The lowest BCUT2D eigenvalue weighted by atomic mass is 10.0. The number of hydrogen-bond acceptors (Lipinski definition) is 2. The molecule has 0 radical (unpaired) electrons. The van der Waals surface area contributed by atoms with Gasteiger partial charge in [0.05, 0.1) is 22.5 Å². The van der Waals surface area contributed by atoms with E-state index in [1.807, 2.05) is 18.2 Å². The van der Waals surface area contributed by atoms with Crippen LogP contribution in [0, 0.1) is 0 Å². The van der Waals surface area contributed by atoms with Gasteiger partial charge in [0.2, 0.25) is 0 Å². The van der Waals surface area contributed by atoms with Gasteiger partial charge in [-0.05, 0) is 54.1 Å². The van der Waals surface area contributed by atoms with Crippen molar-refractivity contribution in [2.24, 2.45) is 0 Å². The molecule has 0 aliphatic carbocycles. The maximum atomic E-state index is 13.2. The number of hydrogen-bond donors (Lipinski definition) is 0. The minimum atomic E-state index is -4.88. The zero-order valence-electron chi connectivity index (χ0n) is 15.0. The zero-order chi connectivity index (χ0) is 21.7. The molecule has 1 aliphatic rings. The van der Waals surface area contributed by atoms with E-state index in [2.05, 4.69) is 15.9 Å². The lowest BCUT2D eigenvalue weighted by Gasteiger charge is -2.33. The summed E-state index contributed by atoms with van der Waals surface area (Å²) in [6, 6.07) is 14.4. The monoisotopic (exact) mass is 503 g/mol. The van der Waals surface area contributed by atoms with Gasteiger partial charge in [-0.25, -0.2) is 0 Å². The van der Waals surface area contributed by atoms with Gasteiger partial charge >= 0.3 is 12.4 Å². The van der Waals surface area contributed by atoms with Crippen LogP contribution in [0.2, 0.25) is 0 Å². The summed E-state index contributed by atoms with van der Waals surface area (Å²) in [7, 11) is 0. The molecule has 1 heterocycles. The smallest absolute Gasteiger partial charge is 0.335 e. The average Bonchev–Trinajstić information content (AvgIpc) is 2.66. The Bertz CT molecular complexity index is 1080. The average molecular weight is 504 g/mol. The molecule has 30 heavy (non-hydrogen) atoms. The fourth-order valence-corrected chi connectivity index (χ4v) is 4.92. The van der Waals surface area contributed by atoms with Crippen LogP contribution in [0.4, 0.5) is 37.7 Å². The van der Waals surface area contributed by atoms with Gasteiger partial charge in [-0.1, -0.05) is 39.8 Å². The summed E-state index contributed by atoms with van der Waals surface area (Å²) in [5.74, 6) is 0. The van der Waals surface area contributed by atoms with Crippen LogP contribution in [0.3, 0.4) is 0 Å². The SMILES string of the molecule is FC(F)(F)c1cc(CN2c3ccccc3Sc3cc(Br)ccc32)cc(C(F)(F)F)c1. The van der Waals surface area contributed by atoms with Crippen LogP contribution in [-0.2, 0) is 18.9 Å². The number of alkyl halides is 6. The molecule has 0 saturated heterocycles. The molecule has 3 aromatic rings. The number of fused-ring (bicyclic) bond motifs is 2. The lowest BCUT2D eigenvalue weighted by molar-refractivity contribution is -0.143. The zero-order valence-corrected chi connectivity index (χ0v) is 17.4. The molecule has 0 spiro atoms. The molecule has 9 heteroatoms. The topological polar surface area (TPSA) is 3.24 Å². The van der Waals surface area contributed by atoms with E-state index >= 15 is 0 Å². The van der Waals surface area contributed by atoms with Crippen molar-refractivity contribution in [3.05, 3.63) is 81.8 Å². The van der Waals surface area contributed by atoms with E-state index in [0.717, 1.165) is 32.1 Å². The Labute approximate surface area is 180 Å². The standard InChI is InChI=1S/C21H12BrF6NS/c22-15-5-6-17-19(10-15)30-18-4-2-1-3-16(18)29(17)11-12-7-13(20(23,24)25)9-14(8-12)21(26,27)28/h1-10H,11H2. The fourth-order valence-electron chi connectivity index (χ4n) is 3.27. The third-order valence-electron chi connectivity index (χ3n) is 4.58. The maximum Gasteiger partial charge on any atom is 0.416 e. The molecule has 0 aromatic heterocycles. The Kier molecular flexibility index (Phi) is 5.30. The fraction of sp³-hybridized carbons (Fsp3) is 0.143. The van der Waals surface area contributed by atoms with Crippen molar-refractivity contribution in [3.63, 3.8) is 0 Å². The predicted octanol–water partition coefficient (Wildman–Crippen LogP) is 8.29. The molecule has 0 N–H and O–H groups in total. The molecule has 0 fully saturated rings. The molecule has 0 bridgehead atoms. The van der Waals surface area contributed by atoms with Crippen LogP contribution in [0.25, 0.3) is 0 Å². The molecule has 0 amide bonds. The van der Waals surface area contributed by atoms with Crippen molar-refractivity contribution in [1.29, 1.82) is 0 Å². The van der Waals surface area contributed by atoms with E-state index in [-0.39, 0.29) is 18.2 Å². The third kappa shape index (κ3) is 4.18. The predicted molar refractivity (Wildman–Crippen MR) is 107 cm³/mol. The summed E-state index contributed by atoms with van der Waals surface area (Å²) in [6.07, 6.45) is -9.76. The summed E-state index contributed by atoms with van der Waals surface area (Å²) < 4.78 is 80.3. The Morgan fingerprint density at radius 3 is 1.97 bits per heavy atom. The summed E-state index contributed by atoms with van der Waals surface area (Å²) in [5, 5.41) is 0. The van der Waals surface area contributed by atoms with Crippen LogP contribution >= 0.6 is 27.7 Å². The molecular formula is C21H12BrF6NS. The first-order valence-corrected chi connectivity index (χ1v) is 10.3. The lowest BCUT2D eigenvalue weighted by Crippen LogP contribution is -2.21. The number of nitrogens with zero attached hydrogens (tertiary/aromatic N) is 1. The second-order valence-electron chi connectivity index (χ2n) is 6.68. The van der Waals surface area contributed by atoms with Crippen LogP contribution in [0.15, 0.2) is 74.9 Å². The molecule has 0 unspecified atom stereocenters. The highest BCUT2D eigenvalue weighted by molar-refractivity contribution is 9.10. The van der Waals surface area contributed by atoms with Crippen molar-refractivity contribution in [2.75, 3.05) is 4.90 Å². The van der Waals surface area contributed by atoms with Crippen LogP contribution < -0.4 is 4.90 Å². The van der Waals surface area contributed by atoms with Crippen molar-refractivity contribution >= 4 is 39.1 Å². The van der Waals surface area contributed by atoms with Gasteiger partial charge in [-0.2, -0.15) is 26.3 Å². The Hall–Kier alpha value is -2.13. The highest BCUT2D eigenvalue weighted by atomic mass is 79.9. The highest BCUT2D eigenvalue weighted by Crippen LogP contribution is 2.49. The first-order chi connectivity index (χ1) is 14.0. The molecule has 1 aliphatic heterocycles. The Balaban J connectivity index is 1.83. The number of para-hydroxylation sites is 1. The van der Waals surface area contributed by atoms with Crippen LogP contribution in [0.1, 0.15) is 16.7 Å². The normalized spacial score (nSPS) is 13.8. The van der Waals surface area contributed by atoms with E-state index in [4.69, 9.17) is 0 Å². The first-order valence-electron chi connectivity index (χ1n) is 8.65. The molecule has 4 rings (SSSR count). The van der Waals surface area contributed by atoms with Crippen molar-refractivity contribution in [2.45, 2.75) is 28.7 Å². The van der Waals surface area contributed by atoms with Crippen molar-refractivity contribution in [1.82, 2.24) is 0 Å². The first kappa shape index (κ1) is 21.1. The van der Waals surface area contributed by atoms with Crippen molar-refractivity contribution in [3.8, 4) is 0 Å². The number of halogens is 7. The largest absolute Gasteiger partial charge is 0.416 e. The van der Waals surface area contributed by atoms with E-state index < -0.39 is 23.5 Å². The minimum Gasteiger partial charge on any atom is -0.335 e. The van der Waals surface area contributed by atoms with Crippen LogP contribution in [0.5, 0.6) is 0 Å². The summed E-state index contributed by atoms with van der Waals surface area (Å²) in [6.45, 7) is -0.140. The molecule has 3 aromatic carbocycles. The number of anilines is 2. The summed E-state index contributed by atoms with van der Waals surface area (Å²) >= 11 is 4.89. The van der Waals surface area contributed by atoms with Gasteiger partial charge in [-0.15, -0.1) is 0 Å². The second-order valence-corrected chi connectivity index (χ2v) is 8.68. The van der Waals surface area contributed by atoms with E-state index in [9.17, 15) is 26.3 Å². The Morgan fingerprint density at radius 2 is 1.33 bits per heavy atom. The van der Waals surface area contributed by atoms with Gasteiger partial charge in [-0.3, -0.25) is 0 Å². The molecule has 156 valence electrons. The van der Waals surface area contributed by atoms with Gasteiger partial charge in [0.15, 0.2) is 0 Å². The highest BCUT2D eigenvalue weighted by Gasteiger charge is 2.37. The van der Waals surface area contributed by atoms with E-state index in [0.29, 0.717) is 5.69 Å². The van der Waals surface area contributed by atoms with Gasteiger partial charge in [0.25, 0.3) is 0 Å². The molecule has 1 nitrogen and oxygen atoms in total. The van der Waals surface area contributed by atoms with Gasteiger partial charge < -0.3 is 4.90 Å². The third-order valence-corrected chi connectivity index (χ3v) is 6.18. The number of rotatable bonds is 2. The van der Waals surface area contributed by atoms with Crippen molar-refractivity contribution < 1.29 is 26.3 Å². The van der Waals surface area contributed by atoms with E-state index in [1.54, 1.807) is 29.2 Å². The van der Waals surface area contributed by atoms with E-state index in [1.165, 1.54) is 11.8 Å². The Morgan fingerprint density at radius 1 is 0.733 bits per heavy atom. The minimum absolute atomic E-state index is 0.0762. The number of benzene rings is 3. The van der Waals surface area contributed by atoms with Crippen LogP contribution in [-0.4, -0.2) is 0 Å². The quantitative estimate of drug-likeness (QED) is 0.323. The molecular weight excluding hydrogens is 492 g/mol.